The molecule has 0 fully saturated rings. The fraction of sp³-hybridized carbons (Fsp3) is 1.00. The van der Waals surface area contributed by atoms with Gasteiger partial charge < -0.3 is 11.1 Å². The highest BCUT2D eigenvalue weighted by atomic mass is 14.9. The molecule has 0 saturated heterocycles. The molecule has 3 N–H and O–H groups in total. The summed E-state index contributed by atoms with van der Waals surface area (Å²) in [6, 6.07) is 0.638. The number of hydrogen-bond donors (Lipinski definition) is 2. The molecule has 0 rings (SSSR count). The van der Waals surface area contributed by atoms with E-state index in [9.17, 15) is 0 Å². The van der Waals surface area contributed by atoms with E-state index in [1.807, 2.05) is 0 Å². The first-order valence-electron chi connectivity index (χ1n) is 3.74. The van der Waals surface area contributed by atoms with Gasteiger partial charge in [-0.2, -0.15) is 0 Å². The largest absolute Gasteiger partial charge is 0.330 e. The summed E-state index contributed by atoms with van der Waals surface area (Å²) < 4.78 is 0. The number of nitrogens with one attached hydrogen (secondary N) is 1. The van der Waals surface area contributed by atoms with Gasteiger partial charge in [0.1, 0.15) is 0 Å². The maximum atomic E-state index is 5.35. The molecule has 0 aromatic heterocycles. The van der Waals surface area contributed by atoms with Crippen molar-refractivity contribution in [2.45, 2.75) is 32.7 Å². The van der Waals surface area contributed by atoms with Gasteiger partial charge in [0.25, 0.3) is 0 Å². The van der Waals surface area contributed by atoms with Crippen LogP contribution < -0.4 is 11.1 Å². The first-order chi connectivity index (χ1) is 4.31. The van der Waals surface area contributed by atoms with Crippen LogP contribution in [0.1, 0.15) is 26.7 Å². The molecule has 0 aromatic rings. The summed E-state index contributed by atoms with van der Waals surface area (Å²) in [6.45, 7) is 6.19. The number of rotatable bonds is 5. The van der Waals surface area contributed by atoms with E-state index in [0.29, 0.717) is 6.04 Å². The van der Waals surface area contributed by atoms with Gasteiger partial charge in [0, 0.05) is 6.04 Å². The molecule has 0 aliphatic heterocycles. The molecule has 0 radical (unpaired) electrons. The Morgan fingerprint density at radius 1 is 1.56 bits per heavy atom. The fourth-order valence-electron chi connectivity index (χ4n) is 0.875. The molecule has 2 nitrogen and oxygen atoms in total. The molecule has 1 unspecified atom stereocenters. The van der Waals surface area contributed by atoms with E-state index in [1.165, 1.54) is 6.42 Å². The lowest BCUT2D eigenvalue weighted by atomic mass is 10.2. The molecule has 0 spiro atoms. The van der Waals surface area contributed by atoms with Crippen LogP contribution in [0.2, 0.25) is 0 Å². The van der Waals surface area contributed by atoms with E-state index >= 15 is 0 Å². The summed E-state index contributed by atoms with van der Waals surface area (Å²) >= 11 is 0. The summed E-state index contributed by atoms with van der Waals surface area (Å²) in [7, 11) is 0. The van der Waals surface area contributed by atoms with Crippen LogP contribution in [-0.4, -0.2) is 19.1 Å². The third-order valence-electron chi connectivity index (χ3n) is 1.39. The smallest absolute Gasteiger partial charge is 0.00390 e. The molecule has 0 bridgehead atoms. The highest BCUT2D eigenvalue weighted by Gasteiger charge is 1.95. The molecule has 0 amide bonds. The van der Waals surface area contributed by atoms with Crippen molar-refractivity contribution in [1.82, 2.24) is 5.32 Å². The third kappa shape index (κ3) is 5.80. The van der Waals surface area contributed by atoms with Crippen molar-refractivity contribution in [3.05, 3.63) is 0 Å². The molecule has 0 aliphatic carbocycles. The van der Waals surface area contributed by atoms with E-state index in [2.05, 4.69) is 19.2 Å². The van der Waals surface area contributed by atoms with Crippen molar-refractivity contribution in [2.24, 2.45) is 5.73 Å². The Bertz CT molecular complexity index is 54.9. The maximum Gasteiger partial charge on any atom is 0.00390 e. The van der Waals surface area contributed by atoms with Crippen LogP contribution in [0.4, 0.5) is 0 Å². The second kappa shape index (κ2) is 6.05. The van der Waals surface area contributed by atoms with Crippen molar-refractivity contribution in [1.29, 1.82) is 0 Å². The van der Waals surface area contributed by atoms with Crippen LogP contribution in [0.15, 0.2) is 0 Å². The molecular formula is C7H18N2. The molecule has 1 atom stereocenters. The maximum absolute atomic E-state index is 5.35. The van der Waals surface area contributed by atoms with E-state index in [0.717, 1.165) is 19.5 Å². The molecule has 0 aliphatic rings. The van der Waals surface area contributed by atoms with Crippen LogP contribution in [0.5, 0.6) is 0 Å². The average molecular weight is 130 g/mol. The fourth-order valence-corrected chi connectivity index (χ4v) is 0.875. The van der Waals surface area contributed by atoms with Gasteiger partial charge >= 0.3 is 0 Å². The Hall–Kier alpha value is -0.0800. The van der Waals surface area contributed by atoms with Crippen LogP contribution in [0.3, 0.4) is 0 Å². The standard InChI is InChI=1S/C7H18N2/c1-3-9-7(2)5-4-6-8/h7,9H,3-6,8H2,1-2H3. The molecule has 0 aromatic carbocycles. The van der Waals surface area contributed by atoms with Gasteiger partial charge in [0.05, 0.1) is 0 Å². The second-order valence-corrected chi connectivity index (χ2v) is 2.39. The summed E-state index contributed by atoms with van der Waals surface area (Å²) in [4.78, 5) is 0. The first-order valence-corrected chi connectivity index (χ1v) is 3.74. The normalized spacial score (nSPS) is 13.7. The van der Waals surface area contributed by atoms with Gasteiger partial charge in [0.15, 0.2) is 0 Å². The van der Waals surface area contributed by atoms with Crippen molar-refractivity contribution >= 4 is 0 Å². The lowest BCUT2D eigenvalue weighted by Crippen LogP contribution is -2.25. The molecule has 56 valence electrons. The predicted molar refractivity (Wildman–Crippen MR) is 41.4 cm³/mol. The zero-order chi connectivity index (χ0) is 7.11. The van der Waals surface area contributed by atoms with E-state index in [1.54, 1.807) is 0 Å². The van der Waals surface area contributed by atoms with Crippen molar-refractivity contribution in [3.8, 4) is 0 Å². The Morgan fingerprint density at radius 3 is 2.67 bits per heavy atom. The van der Waals surface area contributed by atoms with E-state index < -0.39 is 0 Å². The topological polar surface area (TPSA) is 38.0 Å². The summed E-state index contributed by atoms with van der Waals surface area (Å²) in [5.41, 5.74) is 5.35. The van der Waals surface area contributed by atoms with Crippen LogP contribution in [-0.2, 0) is 0 Å². The molecule has 0 saturated carbocycles. The molecule has 2 heteroatoms. The Labute approximate surface area is 57.8 Å². The van der Waals surface area contributed by atoms with Gasteiger partial charge in [-0.1, -0.05) is 6.92 Å². The zero-order valence-corrected chi connectivity index (χ0v) is 6.48. The van der Waals surface area contributed by atoms with Crippen LogP contribution in [0, 0.1) is 0 Å². The Balaban J connectivity index is 2.95. The van der Waals surface area contributed by atoms with Crippen molar-refractivity contribution in [3.63, 3.8) is 0 Å². The van der Waals surface area contributed by atoms with Gasteiger partial charge in [-0.3, -0.25) is 0 Å². The molecular weight excluding hydrogens is 112 g/mol. The van der Waals surface area contributed by atoms with Crippen molar-refractivity contribution < 1.29 is 0 Å². The minimum absolute atomic E-state index is 0.638. The third-order valence-corrected chi connectivity index (χ3v) is 1.39. The Morgan fingerprint density at radius 2 is 2.22 bits per heavy atom. The summed E-state index contributed by atoms with van der Waals surface area (Å²) in [6.07, 6.45) is 2.33. The molecule has 0 heterocycles. The minimum Gasteiger partial charge on any atom is -0.330 e. The SMILES string of the molecule is CCNC(C)CCCN. The Kier molecular flexibility index (Phi) is 5.99. The highest BCUT2D eigenvalue weighted by molar-refractivity contribution is 4.58. The van der Waals surface area contributed by atoms with Crippen LogP contribution >= 0.6 is 0 Å². The molecule has 9 heavy (non-hydrogen) atoms. The highest BCUT2D eigenvalue weighted by Crippen LogP contribution is 1.92. The lowest BCUT2D eigenvalue weighted by Gasteiger charge is -2.09. The van der Waals surface area contributed by atoms with Gasteiger partial charge in [-0.05, 0) is 32.9 Å². The number of hydrogen-bond acceptors (Lipinski definition) is 2. The van der Waals surface area contributed by atoms with Gasteiger partial charge in [0.2, 0.25) is 0 Å². The lowest BCUT2D eigenvalue weighted by molar-refractivity contribution is 0.516. The summed E-state index contributed by atoms with van der Waals surface area (Å²) in [5.74, 6) is 0. The summed E-state index contributed by atoms with van der Waals surface area (Å²) in [5, 5.41) is 3.32. The monoisotopic (exact) mass is 130 g/mol. The van der Waals surface area contributed by atoms with Gasteiger partial charge in [-0.25, -0.2) is 0 Å². The number of nitrogens with two attached hydrogens (primary N) is 1. The average Bonchev–Trinajstić information content (AvgIpc) is 1.85. The van der Waals surface area contributed by atoms with Crippen molar-refractivity contribution in [2.75, 3.05) is 13.1 Å². The minimum atomic E-state index is 0.638. The van der Waals surface area contributed by atoms with Gasteiger partial charge in [-0.15, -0.1) is 0 Å². The predicted octanol–water partition coefficient (Wildman–Crippen LogP) is 0.723. The zero-order valence-electron chi connectivity index (χ0n) is 6.48. The van der Waals surface area contributed by atoms with Crippen LogP contribution in [0.25, 0.3) is 0 Å². The van der Waals surface area contributed by atoms with E-state index in [4.69, 9.17) is 5.73 Å². The first kappa shape index (κ1) is 8.92. The second-order valence-electron chi connectivity index (χ2n) is 2.39. The van der Waals surface area contributed by atoms with E-state index in [-0.39, 0.29) is 0 Å². The quantitative estimate of drug-likeness (QED) is 0.575.